The topological polar surface area (TPSA) is 49.9 Å². The maximum atomic E-state index is 13.6. The fourth-order valence-corrected chi connectivity index (χ4v) is 5.08. The summed E-state index contributed by atoms with van der Waals surface area (Å²) in [6.07, 6.45) is 5.05. The van der Waals surface area contributed by atoms with E-state index in [1.807, 2.05) is 92.0 Å². The van der Waals surface area contributed by atoms with Gasteiger partial charge in [-0.3, -0.25) is 9.59 Å². The van der Waals surface area contributed by atoms with Crippen LogP contribution >= 0.6 is 0 Å². The van der Waals surface area contributed by atoms with Gasteiger partial charge in [-0.05, 0) is 53.1 Å². The minimum Gasteiger partial charge on any atom is -0.375 e. The van der Waals surface area contributed by atoms with Crippen LogP contribution in [0.4, 0.5) is 11.4 Å². The van der Waals surface area contributed by atoms with Crippen molar-refractivity contribution in [1.29, 1.82) is 0 Å². The van der Waals surface area contributed by atoms with Crippen molar-refractivity contribution < 1.29 is 14.3 Å². The van der Waals surface area contributed by atoms with Crippen LogP contribution in [-0.4, -0.2) is 32.0 Å². The van der Waals surface area contributed by atoms with Crippen LogP contribution in [0.15, 0.2) is 85.4 Å². The van der Waals surface area contributed by atoms with Crippen LogP contribution in [-0.2, 0) is 17.8 Å². The molecule has 1 aliphatic heterocycles. The largest absolute Gasteiger partial charge is 0.375 e. The van der Waals surface area contributed by atoms with Gasteiger partial charge in [-0.1, -0.05) is 86.7 Å². The summed E-state index contributed by atoms with van der Waals surface area (Å²) in [5.74, 6) is -0.552. The number of benzene rings is 4. The number of hydrogen-bond acceptors (Lipinski definition) is 4. The molecule has 1 heterocycles. The van der Waals surface area contributed by atoms with Gasteiger partial charge in [0.05, 0.1) is 30.0 Å². The fourth-order valence-electron chi connectivity index (χ4n) is 5.08. The Morgan fingerprint density at radius 3 is 2.28 bits per heavy atom. The monoisotopic (exact) mass is 518 g/mol. The van der Waals surface area contributed by atoms with Crippen molar-refractivity contribution in [1.82, 2.24) is 0 Å². The number of imide groups is 1. The zero-order valence-corrected chi connectivity index (χ0v) is 22.7. The molecule has 0 fully saturated rings. The number of unbranched alkanes of at least 4 members (excludes halogenated alkanes) is 1. The molecule has 0 atom stereocenters. The van der Waals surface area contributed by atoms with E-state index in [-0.39, 0.29) is 11.8 Å². The Labute approximate surface area is 230 Å². The number of carbonyl (C=O) groups excluding carboxylic acids is 2. The first-order valence-electron chi connectivity index (χ1n) is 13.6. The van der Waals surface area contributed by atoms with Crippen molar-refractivity contribution in [3.8, 4) is 0 Å². The maximum Gasteiger partial charge on any atom is 0.266 e. The molecular formula is C34H34N2O3. The summed E-state index contributed by atoms with van der Waals surface area (Å²) in [5, 5.41) is 1.73. The van der Waals surface area contributed by atoms with Gasteiger partial charge in [0.15, 0.2) is 0 Å². The molecule has 5 rings (SSSR count). The number of hydrogen-bond donors (Lipinski definition) is 0. The van der Waals surface area contributed by atoms with E-state index in [1.165, 1.54) is 10.5 Å². The van der Waals surface area contributed by atoms with Crippen molar-refractivity contribution in [2.24, 2.45) is 0 Å². The van der Waals surface area contributed by atoms with Crippen molar-refractivity contribution in [2.45, 2.75) is 32.8 Å². The number of rotatable bonds is 11. The molecule has 0 aliphatic carbocycles. The molecule has 39 heavy (non-hydrogen) atoms. The molecule has 5 nitrogen and oxygen atoms in total. The molecule has 5 heteroatoms. The highest BCUT2D eigenvalue weighted by Gasteiger charge is 2.39. The van der Waals surface area contributed by atoms with Crippen molar-refractivity contribution in [2.75, 3.05) is 30.0 Å². The van der Waals surface area contributed by atoms with E-state index < -0.39 is 0 Å². The van der Waals surface area contributed by atoms with Crippen LogP contribution in [0.2, 0.25) is 0 Å². The quantitative estimate of drug-likeness (QED) is 0.155. The second-order valence-electron chi connectivity index (χ2n) is 10.00. The molecule has 0 spiro atoms. The molecule has 0 N–H and O–H groups in total. The van der Waals surface area contributed by atoms with Gasteiger partial charge < -0.3 is 9.64 Å². The van der Waals surface area contributed by atoms with Crippen molar-refractivity contribution >= 4 is 40.0 Å². The van der Waals surface area contributed by atoms with Gasteiger partial charge in [0.2, 0.25) is 0 Å². The van der Waals surface area contributed by atoms with Gasteiger partial charge in [-0.2, -0.15) is 0 Å². The number of amides is 2. The maximum absolute atomic E-state index is 13.6. The fraction of sp³-hybridized carbons (Fsp3) is 0.235. The van der Waals surface area contributed by atoms with Gasteiger partial charge in [0.1, 0.15) is 0 Å². The van der Waals surface area contributed by atoms with Crippen LogP contribution in [0.3, 0.4) is 0 Å². The number of anilines is 2. The average molecular weight is 519 g/mol. The first-order chi connectivity index (χ1) is 19.0. The highest BCUT2D eigenvalue weighted by atomic mass is 16.5. The predicted octanol–water partition coefficient (Wildman–Crippen LogP) is 7.28. The molecule has 0 bridgehead atoms. The van der Waals surface area contributed by atoms with Gasteiger partial charge in [-0.15, -0.1) is 0 Å². The Bertz CT molecular complexity index is 1510. The summed E-state index contributed by atoms with van der Waals surface area (Å²) in [6, 6.07) is 25.6. The Morgan fingerprint density at radius 1 is 0.897 bits per heavy atom. The van der Waals surface area contributed by atoms with Crippen LogP contribution in [0.1, 0.15) is 57.2 Å². The van der Waals surface area contributed by atoms with Gasteiger partial charge >= 0.3 is 0 Å². The van der Waals surface area contributed by atoms with E-state index in [4.69, 9.17) is 4.74 Å². The minimum absolute atomic E-state index is 0.271. The third kappa shape index (κ3) is 5.36. The van der Waals surface area contributed by atoms with E-state index in [0.717, 1.165) is 46.8 Å². The molecular weight excluding hydrogens is 484 g/mol. The van der Waals surface area contributed by atoms with Crippen LogP contribution in [0.25, 0.3) is 16.8 Å². The van der Waals surface area contributed by atoms with Gasteiger partial charge in [0.25, 0.3) is 11.8 Å². The summed E-state index contributed by atoms with van der Waals surface area (Å²) in [4.78, 5) is 30.6. The summed E-state index contributed by atoms with van der Waals surface area (Å²) >= 11 is 0. The molecule has 0 radical (unpaired) electrons. The van der Waals surface area contributed by atoms with E-state index in [9.17, 15) is 9.59 Å². The highest BCUT2D eigenvalue weighted by molar-refractivity contribution is 6.38. The third-order valence-electron chi connectivity index (χ3n) is 7.35. The van der Waals surface area contributed by atoms with Crippen molar-refractivity contribution in [3.05, 3.63) is 113 Å². The molecule has 4 aromatic rings. The SMILES string of the molecule is C=Cc1ccc(COCCN(C)c2cc3c(c4ccccc24)C(=O)N(c2ccc(CCCC)cc2)C3=O)cc1. The second-order valence-corrected chi connectivity index (χ2v) is 10.00. The van der Waals surface area contributed by atoms with E-state index >= 15 is 0 Å². The molecule has 0 unspecified atom stereocenters. The molecule has 1 aliphatic rings. The van der Waals surface area contributed by atoms with E-state index in [0.29, 0.717) is 36.6 Å². The zero-order chi connectivity index (χ0) is 27.4. The Balaban J connectivity index is 1.36. The standard InChI is InChI=1S/C34H34N2O3/c1-4-6-9-25-16-18-27(19-17-25)36-33(37)30-22-31(28-10-7-8-11-29(28)32(30)34(36)38)35(3)20-21-39-23-26-14-12-24(5-2)13-15-26/h5,7-8,10-19,22H,2,4,6,9,20-21,23H2,1,3H3. The molecule has 0 saturated heterocycles. The number of ether oxygens (including phenoxy) is 1. The van der Waals surface area contributed by atoms with Gasteiger partial charge in [-0.25, -0.2) is 4.90 Å². The normalized spacial score (nSPS) is 12.7. The van der Waals surface area contributed by atoms with Crippen LogP contribution in [0.5, 0.6) is 0 Å². The molecule has 0 saturated carbocycles. The Hall–Kier alpha value is -4.22. The van der Waals surface area contributed by atoms with Gasteiger partial charge in [0, 0.05) is 24.7 Å². The van der Waals surface area contributed by atoms with Crippen LogP contribution in [0, 0.1) is 0 Å². The first-order valence-corrected chi connectivity index (χ1v) is 13.6. The summed E-state index contributed by atoms with van der Waals surface area (Å²) in [5.41, 5.74) is 5.82. The highest BCUT2D eigenvalue weighted by Crippen LogP contribution is 2.38. The number of fused-ring (bicyclic) bond motifs is 3. The number of nitrogens with zero attached hydrogens (tertiary/aromatic N) is 2. The van der Waals surface area contributed by atoms with E-state index in [2.05, 4.69) is 18.4 Å². The van der Waals surface area contributed by atoms with E-state index in [1.54, 1.807) is 0 Å². The minimum atomic E-state index is -0.282. The summed E-state index contributed by atoms with van der Waals surface area (Å²) in [7, 11) is 1.99. The third-order valence-corrected chi connectivity index (χ3v) is 7.35. The number of carbonyl (C=O) groups is 2. The zero-order valence-electron chi connectivity index (χ0n) is 22.7. The predicted molar refractivity (Wildman–Crippen MR) is 160 cm³/mol. The summed E-state index contributed by atoms with van der Waals surface area (Å²) in [6.45, 7) is 7.64. The first kappa shape index (κ1) is 26.4. The lowest BCUT2D eigenvalue weighted by Gasteiger charge is -2.22. The Kier molecular flexibility index (Phi) is 7.89. The number of aryl methyl sites for hydroxylation is 1. The molecule has 0 aromatic heterocycles. The molecule has 198 valence electrons. The summed E-state index contributed by atoms with van der Waals surface area (Å²) < 4.78 is 5.94. The van der Waals surface area contributed by atoms with Crippen LogP contribution < -0.4 is 9.80 Å². The number of likely N-dealkylation sites (N-methyl/N-ethyl adjacent to an activating group) is 1. The molecule has 4 aromatic carbocycles. The Morgan fingerprint density at radius 2 is 1.59 bits per heavy atom. The smallest absolute Gasteiger partial charge is 0.266 e. The lowest BCUT2D eigenvalue weighted by molar-refractivity contribution is 0.0926. The lowest BCUT2D eigenvalue weighted by atomic mass is 9.98. The lowest BCUT2D eigenvalue weighted by Crippen LogP contribution is -2.29. The van der Waals surface area contributed by atoms with Crippen molar-refractivity contribution in [3.63, 3.8) is 0 Å². The molecule has 2 amide bonds. The second kappa shape index (κ2) is 11.7. The average Bonchev–Trinajstić information content (AvgIpc) is 3.23.